The summed E-state index contributed by atoms with van der Waals surface area (Å²) in [7, 11) is 0. The number of aromatic amines is 1. The molecule has 2 heteroatoms. The minimum atomic E-state index is 1.09. The summed E-state index contributed by atoms with van der Waals surface area (Å²) in [6.07, 6.45) is 1.73. The Labute approximate surface area is 79.0 Å². The fraction of sp³-hybridized carbons (Fsp3) is 0.364. The largest absolute Gasteiger partial charge is 0.345 e. The molecular weight excluding hydrogens is 160 g/mol. The number of nitrogens with zero attached hydrogens (tertiary/aromatic N) is 1. The molecule has 70 valence electrons. The van der Waals surface area contributed by atoms with Gasteiger partial charge in [0, 0.05) is 0 Å². The number of rotatable bonds is 0. The van der Waals surface area contributed by atoms with Crippen LogP contribution < -0.4 is 0 Å². The number of fused-ring (bicyclic) bond motifs is 1. The number of aromatic nitrogens is 2. The van der Waals surface area contributed by atoms with Crippen molar-refractivity contribution in [2.75, 3.05) is 0 Å². The number of nitrogens with one attached hydrogen (secondary N) is 1. The molecule has 2 rings (SSSR count). The zero-order chi connectivity index (χ0) is 9.84. The zero-order valence-electron chi connectivity index (χ0n) is 8.68. The maximum absolute atomic E-state index is 4.22. The Bertz CT molecular complexity index is 388. The van der Waals surface area contributed by atoms with E-state index in [0.29, 0.717) is 0 Å². The van der Waals surface area contributed by atoms with Crippen LogP contribution in [0.1, 0.15) is 25.0 Å². The van der Waals surface area contributed by atoms with Crippen molar-refractivity contribution >= 4 is 11.0 Å². The van der Waals surface area contributed by atoms with Crippen molar-refractivity contribution < 1.29 is 0 Å². The molecule has 0 saturated carbocycles. The van der Waals surface area contributed by atoms with Gasteiger partial charge in [-0.2, -0.15) is 0 Å². The van der Waals surface area contributed by atoms with Crippen LogP contribution in [0.4, 0.5) is 0 Å². The molecule has 0 radical (unpaired) electrons. The van der Waals surface area contributed by atoms with Crippen molar-refractivity contribution in [3.63, 3.8) is 0 Å². The van der Waals surface area contributed by atoms with Crippen molar-refractivity contribution in [3.05, 3.63) is 29.6 Å². The number of benzene rings is 1. The summed E-state index contributed by atoms with van der Waals surface area (Å²) in [6.45, 7) is 8.20. The predicted octanol–water partition coefficient (Wildman–Crippen LogP) is 3.21. The number of hydrogen-bond acceptors (Lipinski definition) is 1. The normalized spacial score (nSPS) is 9.54. The van der Waals surface area contributed by atoms with E-state index in [1.807, 2.05) is 13.8 Å². The molecule has 2 aromatic rings. The van der Waals surface area contributed by atoms with Crippen molar-refractivity contribution in [2.24, 2.45) is 0 Å². The number of aryl methyl sites for hydroxylation is 2. The van der Waals surface area contributed by atoms with Crippen LogP contribution in [0.25, 0.3) is 11.0 Å². The van der Waals surface area contributed by atoms with E-state index < -0.39 is 0 Å². The third-order valence-electron chi connectivity index (χ3n) is 2.12. The molecule has 0 amide bonds. The van der Waals surface area contributed by atoms with Crippen LogP contribution in [0.15, 0.2) is 18.5 Å². The second-order valence-corrected chi connectivity index (χ2v) is 2.81. The molecule has 0 atom stereocenters. The van der Waals surface area contributed by atoms with Gasteiger partial charge in [-0.25, -0.2) is 4.98 Å². The second kappa shape index (κ2) is 4.08. The first-order chi connectivity index (χ1) is 6.29. The fourth-order valence-corrected chi connectivity index (χ4v) is 1.25. The Morgan fingerprint density at radius 2 is 1.85 bits per heavy atom. The lowest BCUT2D eigenvalue weighted by Crippen LogP contribution is -1.81. The Morgan fingerprint density at radius 1 is 1.15 bits per heavy atom. The van der Waals surface area contributed by atoms with E-state index >= 15 is 0 Å². The van der Waals surface area contributed by atoms with E-state index in [0.717, 1.165) is 11.0 Å². The highest BCUT2D eigenvalue weighted by molar-refractivity contribution is 5.79. The Balaban J connectivity index is 0.000000396. The van der Waals surface area contributed by atoms with Crippen molar-refractivity contribution in [1.82, 2.24) is 9.97 Å². The van der Waals surface area contributed by atoms with Crippen molar-refractivity contribution in [3.8, 4) is 0 Å². The van der Waals surface area contributed by atoms with Crippen LogP contribution in [0.3, 0.4) is 0 Å². The van der Waals surface area contributed by atoms with Gasteiger partial charge < -0.3 is 4.98 Å². The first-order valence-corrected chi connectivity index (χ1v) is 4.68. The van der Waals surface area contributed by atoms with Gasteiger partial charge in [0.25, 0.3) is 0 Å². The van der Waals surface area contributed by atoms with Crippen molar-refractivity contribution in [1.29, 1.82) is 0 Å². The van der Waals surface area contributed by atoms with Crippen molar-refractivity contribution in [2.45, 2.75) is 27.7 Å². The van der Waals surface area contributed by atoms with E-state index in [2.05, 4.69) is 35.9 Å². The van der Waals surface area contributed by atoms with Crippen LogP contribution in [0.2, 0.25) is 0 Å². The van der Waals surface area contributed by atoms with Gasteiger partial charge in [0.15, 0.2) is 0 Å². The van der Waals surface area contributed by atoms with E-state index in [1.54, 1.807) is 6.33 Å². The molecule has 13 heavy (non-hydrogen) atoms. The Morgan fingerprint density at radius 3 is 2.54 bits per heavy atom. The highest BCUT2D eigenvalue weighted by atomic mass is 14.9. The van der Waals surface area contributed by atoms with Gasteiger partial charge in [0.2, 0.25) is 0 Å². The summed E-state index contributed by atoms with van der Waals surface area (Å²) < 4.78 is 0. The Kier molecular flexibility index (Phi) is 3.07. The van der Waals surface area contributed by atoms with Gasteiger partial charge in [-0.3, -0.25) is 0 Å². The van der Waals surface area contributed by atoms with Crippen LogP contribution >= 0.6 is 0 Å². The molecule has 1 heterocycles. The third-order valence-corrected chi connectivity index (χ3v) is 2.12. The van der Waals surface area contributed by atoms with Crippen LogP contribution in [-0.2, 0) is 0 Å². The smallest absolute Gasteiger partial charge is 0.0931 e. The third kappa shape index (κ3) is 1.72. The minimum absolute atomic E-state index is 1.09. The van der Waals surface area contributed by atoms with Gasteiger partial charge in [-0.15, -0.1) is 0 Å². The molecule has 0 spiro atoms. The molecule has 0 fully saturated rings. The van der Waals surface area contributed by atoms with E-state index in [-0.39, 0.29) is 0 Å². The van der Waals surface area contributed by atoms with E-state index in [1.165, 1.54) is 11.1 Å². The molecule has 0 aliphatic heterocycles. The van der Waals surface area contributed by atoms with Gasteiger partial charge in [-0.1, -0.05) is 19.9 Å². The summed E-state index contributed by atoms with van der Waals surface area (Å²) in [5.41, 5.74) is 4.77. The van der Waals surface area contributed by atoms with Gasteiger partial charge >= 0.3 is 0 Å². The Hall–Kier alpha value is -1.31. The first-order valence-electron chi connectivity index (χ1n) is 4.68. The monoisotopic (exact) mass is 176 g/mol. The first kappa shape index (κ1) is 9.78. The average Bonchev–Trinajstić information content (AvgIpc) is 2.63. The van der Waals surface area contributed by atoms with Crippen LogP contribution in [-0.4, -0.2) is 9.97 Å². The fourth-order valence-electron chi connectivity index (χ4n) is 1.25. The number of H-pyrrole nitrogens is 1. The molecule has 0 aliphatic carbocycles. The average molecular weight is 176 g/mol. The molecule has 2 nitrogen and oxygen atoms in total. The lowest BCUT2D eigenvalue weighted by Gasteiger charge is -1.98. The minimum Gasteiger partial charge on any atom is -0.345 e. The standard InChI is InChI=1S/C9H10N2.C2H6/c1-6-3-4-8-9(7(6)2)11-5-10-8;1-2/h3-5H,1-2H3,(H,10,11);1-2H3. The number of imidazole rings is 1. The summed E-state index contributed by atoms with van der Waals surface area (Å²) in [4.78, 5) is 7.30. The molecule has 0 unspecified atom stereocenters. The molecule has 0 bridgehead atoms. The topological polar surface area (TPSA) is 28.7 Å². The molecule has 0 saturated heterocycles. The van der Waals surface area contributed by atoms with Crippen LogP contribution in [0.5, 0.6) is 0 Å². The summed E-state index contributed by atoms with van der Waals surface area (Å²) in [5, 5.41) is 0. The molecule has 1 N–H and O–H groups in total. The summed E-state index contributed by atoms with van der Waals surface area (Å²) in [5.74, 6) is 0. The molecule has 1 aromatic heterocycles. The maximum Gasteiger partial charge on any atom is 0.0931 e. The lowest BCUT2D eigenvalue weighted by atomic mass is 10.1. The van der Waals surface area contributed by atoms with E-state index in [4.69, 9.17) is 0 Å². The summed E-state index contributed by atoms with van der Waals surface area (Å²) >= 11 is 0. The SMILES string of the molecule is CC.Cc1ccc2[nH]cnc2c1C. The van der Waals surface area contributed by atoms with Gasteiger partial charge in [0.05, 0.1) is 17.4 Å². The highest BCUT2D eigenvalue weighted by Crippen LogP contribution is 2.16. The van der Waals surface area contributed by atoms with Gasteiger partial charge in [0.1, 0.15) is 0 Å². The second-order valence-electron chi connectivity index (χ2n) is 2.81. The quantitative estimate of drug-likeness (QED) is 0.656. The molecule has 0 aliphatic rings. The van der Waals surface area contributed by atoms with Crippen LogP contribution in [0, 0.1) is 13.8 Å². The molecular formula is C11H16N2. The maximum atomic E-state index is 4.22. The zero-order valence-corrected chi connectivity index (χ0v) is 8.68. The summed E-state index contributed by atoms with van der Waals surface area (Å²) in [6, 6.07) is 4.17. The predicted molar refractivity (Wildman–Crippen MR) is 56.9 cm³/mol. The highest BCUT2D eigenvalue weighted by Gasteiger charge is 2.00. The van der Waals surface area contributed by atoms with Gasteiger partial charge in [-0.05, 0) is 31.0 Å². The van der Waals surface area contributed by atoms with E-state index in [9.17, 15) is 0 Å². The molecule has 1 aromatic carbocycles. The lowest BCUT2D eigenvalue weighted by molar-refractivity contribution is 1.32. The number of hydrogen-bond donors (Lipinski definition) is 1.